The average Bonchev–Trinajstić information content (AvgIpc) is 2.28. The summed E-state index contributed by atoms with van der Waals surface area (Å²) in [6.07, 6.45) is 0. The minimum absolute atomic E-state index is 0.182. The average molecular weight is 289 g/mol. The zero-order chi connectivity index (χ0) is 13.3. The van der Waals surface area contributed by atoms with Gasteiger partial charge in [-0.05, 0) is 37.6 Å². The Bertz CT molecular complexity index is 545. The molecule has 6 heteroatoms. The number of piperazine rings is 1. The highest BCUT2D eigenvalue weighted by atomic mass is 35.5. The number of rotatable bonds is 2. The molecular formula is C12H17ClN2O2S. The first-order chi connectivity index (χ1) is 8.41. The predicted molar refractivity (Wildman–Crippen MR) is 72.4 cm³/mol. The fraction of sp³-hybridized carbons (Fsp3) is 0.500. The van der Waals surface area contributed by atoms with Crippen LogP contribution in [0.4, 0.5) is 0 Å². The van der Waals surface area contributed by atoms with Crippen LogP contribution < -0.4 is 5.32 Å². The molecule has 1 saturated heterocycles. The van der Waals surface area contributed by atoms with Gasteiger partial charge in [-0.2, -0.15) is 4.31 Å². The lowest BCUT2D eigenvalue weighted by Crippen LogP contribution is -2.51. The summed E-state index contributed by atoms with van der Waals surface area (Å²) >= 11 is 5.86. The molecule has 18 heavy (non-hydrogen) atoms. The van der Waals surface area contributed by atoms with Gasteiger partial charge in [0.2, 0.25) is 10.0 Å². The number of benzene rings is 1. The molecule has 1 atom stereocenters. The molecule has 1 aliphatic heterocycles. The van der Waals surface area contributed by atoms with Crippen molar-refractivity contribution < 1.29 is 8.42 Å². The molecule has 0 aliphatic carbocycles. The summed E-state index contributed by atoms with van der Waals surface area (Å²) in [7, 11) is -3.41. The quantitative estimate of drug-likeness (QED) is 0.900. The molecule has 1 aromatic rings. The molecule has 100 valence electrons. The van der Waals surface area contributed by atoms with Crippen molar-refractivity contribution in [3.05, 3.63) is 28.8 Å². The number of nitrogens with one attached hydrogen (secondary N) is 1. The standard InChI is InChI=1S/C12H17ClN2O2S/c1-9-7-11(13)3-4-12(9)18(16,17)15-6-5-14-10(2)8-15/h3-4,7,10,14H,5-6,8H2,1-2H3. The van der Waals surface area contributed by atoms with Gasteiger partial charge in [-0.1, -0.05) is 11.6 Å². The van der Waals surface area contributed by atoms with E-state index in [9.17, 15) is 8.42 Å². The third-order valence-corrected chi connectivity index (χ3v) is 5.35. The second-order valence-corrected chi connectivity index (χ2v) is 6.97. The molecule has 0 bridgehead atoms. The highest BCUT2D eigenvalue weighted by Gasteiger charge is 2.29. The van der Waals surface area contributed by atoms with E-state index in [-0.39, 0.29) is 6.04 Å². The van der Waals surface area contributed by atoms with E-state index in [1.165, 1.54) is 4.31 Å². The first-order valence-electron chi connectivity index (χ1n) is 5.91. The van der Waals surface area contributed by atoms with Crippen LogP contribution in [-0.2, 0) is 10.0 Å². The third kappa shape index (κ3) is 2.69. The Balaban J connectivity index is 2.35. The van der Waals surface area contributed by atoms with Gasteiger partial charge in [-0.3, -0.25) is 0 Å². The number of aryl methyl sites for hydroxylation is 1. The van der Waals surface area contributed by atoms with Gasteiger partial charge in [-0.15, -0.1) is 0 Å². The summed E-state index contributed by atoms with van der Waals surface area (Å²) in [6, 6.07) is 5.06. The number of hydrogen-bond donors (Lipinski definition) is 1. The monoisotopic (exact) mass is 288 g/mol. The molecule has 2 rings (SSSR count). The molecule has 1 fully saturated rings. The number of nitrogens with zero attached hydrogens (tertiary/aromatic N) is 1. The van der Waals surface area contributed by atoms with Gasteiger partial charge in [0.05, 0.1) is 4.90 Å². The lowest BCUT2D eigenvalue weighted by atomic mass is 10.2. The van der Waals surface area contributed by atoms with E-state index < -0.39 is 10.0 Å². The Morgan fingerprint density at radius 2 is 2.17 bits per heavy atom. The first-order valence-corrected chi connectivity index (χ1v) is 7.73. The molecular weight excluding hydrogens is 272 g/mol. The number of halogens is 1. The van der Waals surface area contributed by atoms with Gasteiger partial charge >= 0.3 is 0 Å². The van der Waals surface area contributed by atoms with Gasteiger partial charge in [-0.25, -0.2) is 8.42 Å². The normalized spacial score (nSPS) is 22.1. The maximum atomic E-state index is 12.5. The molecule has 0 aromatic heterocycles. The lowest BCUT2D eigenvalue weighted by molar-refractivity contribution is 0.310. The van der Waals surface area contributed by atoms with Crippen LogP contribution >= 0.6 is 11.6 Å². The minimum Gasteiger partial charge on any atom is -0.312 e. The summed E-state index contributed by atoms with van der Waals surface area (Å²) < 4.78 is 26.6. The van der Waals surface area contributed by atoms with Gasteiger partial charge in [0.25, 0.3) is 0 Å². The summed E-state index contributed by atoms with van der Waals surface area (Å²) in [5.74, 6) is 0. The minimum atomic E-state index is -3.41. The summed E-state index contributed by atoms with van der Waals surface area (Å²) in [5, 5.41) is 3.79. The van der Waals surface area contributed by atoms with E-state index in [0.29, 0.717) is 35.1 Å². The van der Waals surface area contributed by atoms with E-state index >= 15 is 0 Å². The van der Waals surface area contributed by atoms with Crippen molar-refractivity contribution in [2.75, 3.05) is 19.6 Å². The molecule has 0 saturated carbocycles. The van der Waals surface area contributed by atoms with Crippen molar-refractivity contribution in [2.45, 2.75) is 24.8 Å². The lowest BCUT2D eigenvalue weighted by Gasteiger charge is -2.31. The Hall–Kier alpha value is -0.620. The van der Waals surface area contributed by atoms with Crippen molar-refractivity contribution in [1.29, 1.82) is 0 Å². The Labute approximate surface area is 113 Å². The van der Waals surface area contributed by atoms with Crippen LogP contribution in [0, 0.1) is 6.92 Å². The topological polar surface area (TPSA) is 49.4 Å². The summed E-state index contributed by atoms with van der Waals surface area (Å²) in [4.78, 5) is 0.348. The van der Waals surface area contributed by atoms with E-state index in [0.717, 1.165) is 0 Å². The largest absolute Gasteiger partial charge is 0.312 e. The molecule has 1 unspecified atom stereocenters. The van der Waals surface area contributed by atoms with E-state index in [4.69, 9.17) is 11.6 Å². The second-order valence-electron chi connectivity index (χ2n) is 4.63. The number of sulfonamides is 1. The molecule has 0 spiro atoms. The SMILES string of the molecule is Cc1cc(Cl)ccc1S(=O)(=O)N1CCNC(C)C1. The second kappa shape index (κ2) is 5.17. The van der Waals surface area contributed by atoms with Gasteiger partial charge in [0.15, 0.2) is 0 Å². The van der Waals surface area contributed by atoms with Gasteiger partial charge in [0.1, 0.15) is 0 Å². The molecule has 0 radical (unpaired) electrons. The molecule has 1 aromatic carbocycles. The van der Waals surface area contributed by atoms with Crippen molar-refractivity contribution in [2.24, 2.45) is 0 Å². The summed E-state index contributed by atoms with van der Waals surface area (Å²) in [6.45, 7) is 5.45. The smallest absolute Gasteiger partial charge is 0.243 e. The van der Waals surface area contributed by atoms with Gasteiger partial charge < -0.3 is 5.32 Å². The van der Waals surface area contributed by atoms with Crippen LogP contribution in [0.15, 0.2) is 23.1 Å². The van der Waals surface area contributed by atoms with Crippen molar-refractivity contribution in [1.82, 2.24) is 9.62 Å². The Morgan fingerprint density at radius 3 is 2.78 bits per heavy atom. The third-order valence-electron chi connectivity index (χ3n) is 3.09. The van der Waals surface area contributed by atoms with Crippen molar-refractivity contribution in [3.8, 4) is 0 Å². The highest BCUT2D eigenvalue weighted by molar-refractivity contribution is 7.89. The highest BCUT2D eigenvalue weighted by Crippen LogP contribution is 2.23. The van der Waals surface area contributed by atoms with Crippen LogP contribution in [0.25, 0.3) is 0 Å². The van der Waals surface area contributed by atoms with Gasteiger partial charge in [0, 0.05) is 30.7 Å². The van der Waals surface area contributed by atoms with Crippen LogP contribution in [-0.4, -0.2) is 38.4 Å². The van der Waals surface area contributed by atoms with E-state index in [1.807, 2.05) is 6.92 Å². The molecule has 4 nitrogen and oxygen atoms in total. The Kier molecular flexibility index (Phi) is 3.96. The maximum absolute atomic E-state index is 12.5. The fourth-order valence-electron chi connectivity index (χ4n) is 2.16. The van der Waals surface area contributed by atoms with Crippen LogP contribution in [0.5, 0.6) is 0 Å². The van der Waals surface area contributed by atoms with Crippen LogP contribution in [0.2, 0.25) is 5.02 Å². The van der Waals surface area contributed by atoms with Crippen molar-refractivity contribution >= 4 is 21.6 Å². The predicted octanol–water partition coefficient (Wildman–Crippen LogP) is 1.63. The summed E-state index contributed by atoms with van der Waals surface area (Å²) in [5.41, 5.74) is 0.689. The zero-order valence-electron chi connectivity index (χ0n) is 10.5. The molecule has 1 N–H and O–H groups in total. The fourth-order valence-corrected chi connectivity index (χ4v) is 4.12. The van der Waals surface area contributed by atoms with Crippen LogP contribution in [0.1, 0.15) is 12.5 Å². The first kappa shape index (κ1) is 13.8. The van der Waals surface area contributed by atoms with E-state index in [1.54, 1.807) is 25.1 Å². The van der Waals surface area contributed by atoms with E-state index in [2.05, 4.69) is 5.32 Å². The molecule has 0 amide bonds. The van der Waals surface area contributed by atoms with Crippen molar-refractivity contribution in [3.63, 3.8) is 0 Å². The zero-order valence-corrected chi connectivity index (χ0v) is 12.1. The maximum Gasteiger partial charge on any atom is 0.243 e. The Morgan fingerprint density at radius 1 is 1.44 bits per heavy atom. The molecule has 1 aliphatic rings. The van der Waals surface area contributed by atoms with Crippen LogP contribution in [0.3, 0.4) is 0 Å². The molecule has 1 heterocycles. The number of hydrogen-bond acceptors (Lipinski definition) is 3.